The average molecular weight is 523 g/mol. The topological polar surface area (TPSA) is 65.5 Å². The molecule has 1 aliphatic rings. The molecule has 3 N–H and O–H groups in total. The second-order valence-electron chi connectivity index (χ2n) is 6.14. The maximum absolute atomic E-state index is 12.1. The Labute approximate surface area is 176 Å². The fourth-order valence-electron chi connectivity index (χ4n) is 2.83. The number of guanidine groups is 1. The highest BCUT2D eigenvalue weighted by Crippen LogP contribution is 2.20. The summed E-state index contributed by atoms with van der Waals surface area (Å²) < 4.78 is 1.01. The van der Waals surface area contributed by atoms with E-state index in [9.17, 15) is 4.79 Å². The van der Waals surface area contributed by atoms with E-state index in [1.807, 2.05) is 25.1 Å². The summed E-state index contributed by atoms with van der Waals surface area (Å²) in [6.45, 7) is 5.33. The Balaban J connectivity index is 0.00000312. The number of halogens is 2. The molecule has 0 aromatic heterocycles. The minimum Gasteiger partial charge on any atom is -0.357 e. The van der Waals surface area contributed by atoms with Crippen molar-refractivity contribution in [3.8, 4) is 0 Å². The van der Waals surface area contributed by atoms with Crippen molar-refractivity contribution in [1.82, 2.24) is 10.6 Å². The van der Waals surface area contributed by atoms with Crippen molar-refractivity contribution in [3.63, 3.8) is 0 Å². The molecule has 0 spiro atoms. The Bertz CT molecular complexity index is 588. The number of carbonyl (C=O) groups excluding carboxylic acids is 1. The van der Waals surface area contributed by atoms with Crippen LogP contribution in [0.25, 0.3) is 0 Å². The highest BCUT2D eigenvalue weighted by Gasteiger charge is 2.15. The van der Waals surface area contributed by atoms with Crippen LogP contribution >= 0.6 is 39.9 Å². The smallest absolute Gasteiger partial charge is 0.226 e. The van der Waals surface area contributed by atoms with E-state index in [4.69, 9.17) is 0 Å². The first-order chi connectivity index (χ1) is 11.6. The van der Waals surface area contributed by atoms with Crippen LogP contribution in [0.4, 0.5) is 5.69 Å². The Morgan fingerprint density at radius 1 is 1.32 bits per heavy atom. The molecule has 1 aromatic carbocycles. The zero-order chi connectivity index (χ0) is 17.4. The third kappa shape index (κ3) is 7.94. The van der Waals surface area contributed by atoms with Crippen molar-refractivity contribution in [2.45, 2.75) is 52.0 Å². The predicted molar refractivity (Wildman–Crippen MR) is 119 cm³/mol. The largest absolute Gasteiger partial charge is 0.357 e. The van der Waals surface area contributed by atoms with Crippen molar-refractivity contribution in [2.75, 3.05) is 18.4 Å². The maximum atomic E-state index is 12.1. The molecule has 25 heavy (non-hydrogen) atoms. The number of rotatable bonds is 6. The van der Waals surface area contributed by atoms with Gasteiger partial charge in [0.25, 0.3) is 0 Å². The van der Waals surface area contributed by atoms with Crippen LogP contribution in [0, 0.1) is 6.92 Å². The molecule has 1 fully saturated rings. The van der Waals surface area contributed by atoms with Gasteiger partial charge in [-0.15, -0.1) is 24.0 Å². The molecule has 1 aliphatic carbocycles. The van der Waals surface area contributed by atoms with Gasteiger partial charge < -0.3 is 16.0 Å². The SMILES string of the molecule is CCNC(=NCCC(=O)Nc1ccc(Br)cc1C)NC1CCCC1.I. The first-order valence-electron chi connectivity index (χ1n) is 8.69. The third-order valence-electron chi connectivity index (χ3n) is 4.11. The highest BCUT2D eigenvalue weighted by molar-refractivity contribution is 14.0. The quantitative estimate of drug-likeness (QED) is 0.298. The predicted octanol–water partition coefficient (Wildman–Crippen LogP) is 4.20. The number of nitrogens with one attached hydrogen (secondary N) is 3. The molecule has 1 saturated carbocycles. The third-order valence-corrected chi connectivity index (χ3v) is 4.60. The number of carbonyl (C=O) groups is 1. The van der Waals surface area contributed by atoms with Crippen LogP contribution < -0.4 is 16.0 Å². The standard InChI is InChI=1S/C18H27BrN4O.HI/c1-3-20-18(22-15-6-4-5-7-15)21-11-10-17(24)23-16-9-8-14(19)12-13(16)2;/h8-9,12,15H,3-7,10-11H2,1-2H3,(H,23,24)(H2,20,21,22);1H. The van der Waals surface area contributed by atoms with Crippen LogP contribution in [0.2, 0.25) is 0 Å². The molecule has 2 rings (SSSR count). The van der Waals surface area contributed by atoms with Crippen molar-refractivity contribution in [2.24, 2.45) is 4.99 Å². The highest BCUT2D eigenvalue weighted by atomic mass is 127. The van der Waals surface area contributed by atoms with E-state index in [-0.39, 0.29) is 29.9 Å². The molecular weight excluding hydrogens is 495 g/mol. The number of nitrogens with zero attached hydrogens (tertiary/aromatic N) is 1. The van der Waals surface area contributed by atoms with E-state index in [1.165, 1.54) is 25.7 Å². The van der Waals surface area contributed by atoms with Gasteiger partial charge in [-0.2, -0.15) is 0 Å². The fraction of sp³-hybridized carbons (Fsp3) is 0.556. The van der Waals surface area contributed by atoms with Crippen molar-refractivity contribution in [1.29, 1.82) is 0 Å². The van der Waals surface area contributed by atoms with E-state index >= 15 is 0 Å². The van der Waals surface area contributed by atoms with Crippen LogP contribution in [0.1, 0.15) is 44.6 Å². The Hall–Kier alpha value is -0.830. The molecule has 0 atom stereocenters. The van der Waals surface area contributed by atoms with Crippen LogP contribution in [0.5, 0.6) is 0 Å². The summed E-state index contributed by atoms with van der Waals surface area (Å²) in [5.74, 6) is 0.804. The van der Waals surface area contributed by atoms with Crippen molar-refractivity contribution < 1.29 is 4.79 Å². The average Bonchev–Trinajstić information content (AvgIpc) is 3.03. The summed E-state index contributed by atoms with van der Waals surface area (Å²) in [5, 5.41) is 9.65. The molecule has 0 saturated heterocycles. The van der Waals surface area contributed by atoms with E-state index < -0.39 is 0 Å². The molecule has 0 heterocycles. The molecule has 0 radical (unpaired) electrons. The summed E-state index contributed by atoms with van der Waals surface area (Å²) in [4.78, 5) is 16.6. The Kier molecular flexibility index (Phi) is 10.4. The first-order valence-corrected chi connectivity index (χ1v) is 9.48. The van der Waals surface area contributed by atoms with Gasteiger partial charge in [-0.05, 0) is 50.5 Å². The Morgan fingerprint density at radius 2 is 2.04 bits per heavy atom. The van der Waals surface area contributed by atoms with Gasteiger partial charge in [0.15, 0.2) is 5.96 Å². The number of amides is 1. The summed E-state index contributed by atoms with van der Waals surface area (Å²) >= 11 is 3.43. The fourth-order valence-corrected chi connectivity index (χ4v) is 3.31. The van der Waals surface area contributed by atoms with Crippen LogP contribution in [-0.2, 0) is 4.79 Å². The molecule has 140 valence electrons. The minimum absolute atomic E-state index is 0. The van der Waals surface area contributed by atoms with Crippen LogP contribution in [-0.4, -0.2) is 31.0 Å². The number of aryl methyl sites for hydroxylation is 1. The van der Waals surface area contributed by atoms with Gasteiger partial charge in [0.2, 0.25) is 5.91 Å². The zero-order valence-corrected chi connectivity index (χ0v) is 18.8. The molecule has 1 amide bonds. The molecule has 1 aromatic rings. The second kappa shape index (κ2) is 11.7. The van der Waals surface area contributed by atoms with E-state index in [2.05, 4.69) is 43.8 Å². The number of aliphatic imine (C=N–C) groups is 1. The number of benzene rings is 1. The molecular formula is C18H28BrIN4O. The van der Waals surface area contributed by atoms with Gasteiger partial charge in [0.1, 0.15) is 0 Å². The number of anilines is 1. The maximum Gasteiger partial charge on any atom is 0.226 e. The van der Waals surface area contributed by atoms with E-state index in [0.29, 0.717) is 19.0 Å². The van der Waals surface area contributed by atoms with Gasteiger partial charge in [-0.3, -0.25) is 9.79 Å². The molecule has 0 bridgehead atoms. The molecule has 5 nitrogen and oxygen atoms in total. The lowest BCUT2D eigenvalue weighted by Gasteiger charge is -2.16. The summed E-state index contributed by atoms with van der Waals surface area (Å²) in [7, 11) is 0. The van der Waals surface area contributed by atoms with Gasteiger partial charge in [-0.1, -0.05) is 28.8 Å². The van der Waals surface area contributed by atoms with Gasteiger partial charge >= 0.3 is 0 Å². The second-order valence-corrected chi connectivity index (χ2v) is 7.06. The summed E-state index contributed by atoms with van der Waals surface area (Å²) in [6, 6.07) is 6.34. The summed E-state index contributed by atoms with van der Waals surface area (Å²) in [6.07, 6.45) is 5.34. The monoisotopic (exact) mass is 522 g/mol. The molecule has 7 heteroatoms. The van der Waals surface area contributed by atoms with E-state index in [0.717, 1.165) is 28.2 Å². The number of hydrogen-bond acceptors (Lipinski definition) is 2. The van der Waals surface area contributed by atoms with Crippen molar-refractivity contribution >= 4 is 57.5 Å². The molecule has 0 aliphatic heterocycles. The lowest BCUT2D eigenvalue weighted by Crippen LogP contribution is -2.42. The molecule has 0 unspecified atom stereocenters. The lowest BCUT2D eigenvalue weighted by molar-refractivity contribution is -0.116. The van der Waals surface area contributed by atoms with Gasteiger partial charge in [0.05, 0.1) is 6.54 Å². The summed E-state index contributed by atoms with van der Waals surface area (Å²) in [5.41, 5.74) is 1.89. The number of hydrogen-bond donors (Lipinski definition) is 3. The normalized spacial score (nSPS) is 14.8. The zero-order valence-electron chi connectivity index (χ0n) is 14.9. The lowest BCUT2D eigenvalue weighted by atomic mass is 10.2. The Morgan fingerprint density at radius 3 is 2.68 bits per heavy atom. The van der Waals surface area contributed by atoms with Crippen LogP contribution in [0.3, 0.4) is 0 Å². The van der Waals surface area contributed by atoms with Crippen molar-refractivity contribution in [3.05, 3.63) is 28.2 Å². The van der Waals surface area contributed by atoms with Gasteiger partial charge in [-0.25, -0.2) is 0 Å². The minimum atomic E-state index is -0.0131. The van der Waals surface area contributed by atoms with Crippen LogP contribution in [0.15, 0.2) is 27.7 Å². The first kappa shape index (κ1) is 22.2. The van der Waals surface area contributed by atoms with E-state index in [1.54, 1.807) is 0 Å². The van der Waals surface area contributed by atoms with Gasteiger partial charge in [0, 0.05) is 29.2 Å².